The van der Waals surface area contributed by atoms with Gasteiger partial charge >= 0.3 is 0 Å². The largest absolute Gasteiger partial charge is 0.394 e. The molecule has 0 saturated carbocycles. The first-order valence-electron chi connectivity index (χ1n) is 5.76. The highest BCUT2D eigenvalue weighted by molar-refractivity contribution is 6.37. The minimum Gasteiger partial charge on any atom is -0.394 e. The van der Waals surface area contributed by atoms with Crippen molar-refractivity contribution >= 4 is 23.4 Å². The molecule has 2 rings (SSSR count). The van der Waals surface area contributed by atoms with Crippen molar-refractivity contribution in [1.29, 1.82) is 0 Å². The predicted molar refractivity (Wildman–Crippen MR) is 67.7 cm³/mol. The fraction of sp³-hybridized carbons (Fsp3) is 0.385. The van der Waals surface area contributed by atoms with E-state index in [-0.39, 0.29) is 29.0 Å². The molecule has 1 heterocycles. The van der Waals surface area contributed by atoms with Gasteiger partial charge in [0, 0.05) is 0 Å². The Labute approximate surface area is 110 Å². The summed E-state index contributed by atoms with van der Waals surface area (Å²) in [6.45, 7) is 3.46. The molecule has 1 aliphatic rings. The molecule has 1 aromatic carbocycles. The molecule has 0 aromatic heterocycles. The van der Waals surface area contributed by atoms with Crippen molar-refractivity contribution < 1.29 is 14.7 Å². The summed E-state index contributed by atoms with van der Waals surface area (Å²) in [4.78, 5) is 25.6. The Morgan fingerprint density at radius 3 is 2.44 bits per heavy atom. The van der Waals surface area contributed by atoms with Gasteiger partial charge in [-0.3, -0.25) is 14.5 Å². The second-order valence-electron chi connectivity index (χ2n) is 4.64. The molecule has 0 saturated heterocycles. The summed E-state index contributed by atoms with van der Waals surface area (Å²) in [5.74, 6) is -0.824. The number of aliphatic hydroxyl groups is 1. The van der Waals surface area contributed by atoms with Crippen molar-refractivity contribution in [3.05, 3.63) is 34.3 Å². The summed E-state index contributed by atoms with van der Waals surface area (Å²) in [7, 11) is 0. The summed E-state index contributed by atoms with van der Waals surface area (Å²) in [5, 5.41) is 9.63. The molecule has 0 radical (unpaired) electrons. The summed E-state index contributed by atoms with van der Waals surface area (Å²) < 4.78 is 0. The van der Waals surface area contributed by atoms with Crippen LogP contribution in [-0.4, -0.2) is 34.5 Å². The molecule has 0 spiro atoms. The number of nitrogens with zero attached hydrogens (tertiary/aromatic N) is 1. The van der Waals surface area contributed by atoms with Crippen LogP contribution in [0.25, 0.3) is 0 Å². The second-order valence-corrected chi connectivity index (χ2v) is 5.04. The van der Waals surface area contributed by atoms with Gasteiger partial charge in [0.2, 0.25) is 0 Å². The van der Waals surface area contributed by atoms with E-state index >= 15 is 0 Å². The van der Waals surface area contributed by atoms with Gasteiger partial charge in [0.25, 0.3) is 11.8 Å². The molecular weight excluding hydrogens is 254 g/mol. The fourth-order valence-electron chi connectivity index (χ4n) is 2.15. The van der Waals surface area contributed by atoms with E-state index in [1.54, 1.807) is 18.2 Å². The lowest BCUT2D eigenvalue weighted by Gasteiger charge is -2.27. The van der Waals surface area contributed by atoms with Crippen molar-refractivity contribution in [3.63, 3.8) is 0 Å². The van der Waals surface area contributed by atoms with Gasteiger partial charge in [-0.2, -0.15) is 0 Å². The van der Waals surface area contributed by atoms with E-state index in [4.69, 9.17) is 11.6 Å². The number of imide groups is 1. The first-order valence-corrected chi connectivity index (χ1v) is 6.14. The van der Waals surface area contributed by atoms with Gasteiger partial charge in [0.15, 0.2) is 0 Å². The SMILES string of the molecule is CC(C)[C@H](CO)N1C(=O)c2cccc(Cl)c2C1=O. The Kier molecular flexibility index (Phi) is 3.41. The van der Waals surface area contributed by atoms with E-state index in [9.17, 15) is 14.7 Å². The van der Waals surface area contributed by atoms with Crippen molar-refractivity contribution in [2.75, 3.05) is 6.61 Å². The number of benzene rings is 1. The molecule has 5 heteroatoms. The summed E-state index contributed by atoms with van der Waals surface area (Å²) in [6.07, 6.45) is 0. The standard InChI is InChI=1S/C13H14ClNO3/c1-7(2)10(6-16)15-12(17)8-4-3-5-9(14)11(8)13(15)18/h3-5,7,10,16H,6H2,1-2H3/t10-/m0/s1. The molecular formula is C13H14ClNO3. The summed E-state index contributed by atoms with van der Waals surface area (Å²) in [6, 6.07) is 4.28. The third-order valence-corrected chi connectivity index (χ3v) is 3.50. The quantitative estimate of drug-likeness (QED) is 0.852. The number of carbonyl (C=O) groups excluding carboxylic acids is 2. The molecule has 4 nitrogen and oxygen atoms in total. The Balaban J connectivity index is 2.49. The van der Waals surface area contributed by atoms with Gasteiger partial charge in [-0.25, -0.2) is 0 Å². The average molecular weight is 268 g/mol. The lowest BCUT2D eigenvalue weighted by atomic mass is 10.0. The zero-order valence-electron chi connectivity index (χ0n) is 10.2. The van der Waals surface area contributed by atoms with Crippen LogP contribution in [0.3, 0.4) is 0 Å². The number of halogens is 1. The summed E-state index contributed by atoms with van der Waals surface area (Å²) in [5.41, 5.74) is 0.551. The van der Waals surface area contributed by atoms with Crippen LogP contribution in [0.1, 0.15) is 34.6 Å². The minimum atomic E-state index is -0.520. The highest BCUT2D eigenvalue weighted by Crippen LogP contribution is 2.31. The molecule has 0 fully saturated rings. The van der Waals surface area contributed by atoms with Gasteiger partial charge in [0.05, 0.1) is 28.8 Å². The molecule has 1 N–H and O–H groups in total. The monoisotopic (exact) mass is 267 g/mol. The fourth-order valence-corrected chi connectivity index (χ4v) is 2.41. The summed E-state index contributed by atoms with van der Waals surface area (Å²) >= 11 is 5.96. The number of hydrogen-bond donors (Lipinski definition) is 1. The van der Waals surface area contributed by atoms with E-state index in [2.05, 4.69) is 0 Å². The predicted octanol–water partition coefficient (Wildman–Crippen LogP) is 1.95. The van der Waals surface area contributed by atoms with Gasteiger partial charge in [-0.05, 0) is 18.1 Å². The number of amides is 2. The Hall–Kier alpha value is -1.39. The Bertz CT molecular complexity index is 513. The van der Waals surface area contributed by atoms with Crippen LogP contribution < -0.4 is 0 Å². The maximum Gasteiger partial charge on any atom is 0.263 e. The first kappa shape index (κ1) is 13.1. The molecule has 96 valence electrons. The first-order chi connectivity index (χ1) is 8.49. The van der Waals surface area contributed by atoms with E-state index in [0.717, 1.165) is 4.90 Å². The van der Waals surface area contributed by atoms with Crippen molar-refractivity contribution in [1.82, 2.24) is 4.90 Å². The van der Waals surface area contributed by atoms with Crippen LogP contribution in [-0.2, 0) is 0 Å². The Morgan fingerprint density at radius 1 is 1.28 bits per heavy atom. The molecule has 1 aromatic rings. The maximum absolute atomic E-state index is 12.2. The molecule has 1 atom stereocenters. The number of carbonyl (C=O) groups is 2. The number of fused-ring (bicyclic) bond motifs is 1. The zero-order valence-corrected chi connectivity index (χ0v) is 10.9. The normalized spacial score (nSPS) is 16.4. The van der Waals surface area contributed by atoms with Crippen molar-refractivity contribution in [2.45, 2.75) is 19.9 Å². The van der Waals surface area contributed by atoms with Crippen LogP contribution >= 0.6 is 11.6 Å². The Morgan fingerprint density at radius 2 is 1.94 bits per heavy atom. The van der Waals surface area contributed by atoms with Gasteiger partial charge in [-0.15, -0.1) is 0 Å². The van der Waals surface area contributed by atoms with Crippen LogP contribution in [0.5, 0.6) is 0 Å². The average Bonchev–Trinajstić information content (AvgIpc) is 2.56. The van der Waals surface area contributed by atoms with Crippen LogP contribution in [0.15, 0.2) is 18.2 Å². The highest BCUT2D eigenvalue weighted by atomic mass is 35.5. The van der Waals surface area contributed by atoms with Crippen LogP contribution in [0, 0.1) is 5.92 Å². The molecule has 2 amide bonds. The van der Waals surface area contributed by atoms with Crippen molar-refractivity contribution in [2.24, 2.45) is 5.92 Å². The molecule has 0 bridgehead atoms. The molecule has 1 aliphatic heterocycles. The van der Waals surface area contributed by atoms with Gasteiger partial charge in [-0.1, -0.05) is 31.5 Å². The van der Waals surface area contributed by atoms with E-state index in [1.807, 2.05) is 13.8 Å². The maximum atomic E-state index is 12.2. The molecule has 0 aliphatic carbocycles. The number of hydrogen-bond acceptors (Lipinski definition) is 3. The van der Waals surface area contributed by atoms with Gasteiger partial charge < -0.3 is 5.11 Å². The second kappa shape index (κ2) is 4.71. The van der Waals surface area contributed by atoms with E-state index in [0.29, 0.717) is 5.56 Å². The third kappa shape index (κ3) is 1.82. The van der Waals surface area contributed by atoms with E-state index < -0.39 is 11.9 Å². The topological polar surface area (TPSA) is 57.6 Å². The minimum absolute atomic E-state index is 0.0176. The van der Waals surface area contributed by atoms with Crippen LogP contribution in [0.2, 0.25) is 5.02 Å². The third-order valence-electron chi connectivity index (χ3n) is 3.18. The lowest BCUT2D eigenvalue weighted by Crippen LogP contribution is -2.45. The van der Waals surface area contributed by atoms with Gasteiger partial charge in [0.1, 0.15) is 0 Å². The smallest absolute Gasteiger partial charge is 0.263 e. The molecule has 18 heavy (non-hydrogen) atoms. The molecule has 0 unspecified atom stereocenters. The van der Waals surface area contributed by atoms with Crippen molar-refractivity contribution in [3.8, 4) is 0 Å². The number of rotatable bonds is 3. The van der Waals surface area contributed by atoms with E-state index in [1.165, 1.54) is 0 Å². The lowest BCUT2D eigenvalue weighted by molar-refractivity contribution is 0.0452. The number of aliphatic hydroxyl groups excluding tert-OH is 1. The highest BCUT2D eigenvalue weighted by Gasteiger charge is 2.41. The van der Waals surface area contributed by atoms with Crippen LogP contribution in [0.4, 0.5) is 0 Å². The zero-order chi connectivity index (χ0) is 13.4.